The van der Waals surface area contributed by atoms with Crippen molar-refractivity contribution < 1.29 is 0 Å². The Morgan fingerprint density at radius 3 is 2.65 bits per heavy atom. The van der Waals surface area contributed by atoms with Crippen LogP contribution in [0.5, 0.6) is 0 Å². The topological polar surface area (TPSA) is 24.9 Å². The largest absolute Gasteiger partial charge is 0.364 e. The molecule has 2 aromatic rings. The normalized spacial score (nSPS) is 11.9. The zero-order valence-corrected chi connectivity index (χ0v) is 10.2. The van der Waals surface area contributed by atoms with Gasteiger partial charge in [-0.1, -0.05) is 42.6 Å². The van der Waals surface area contributed by atoms with E-state index < -0.39 is 0 Å². The third-order valence-electron chi connectivity index (χ3n) is 2.78. The van der Waals surface area contributed by atoms with Gasteiger partial charge in [-0.3, -0.25) is 0 Å². The van der Waals surface area contributed by atoms with Crippen LogP contribution in [0.25, 0.3) is 0 Å². The molecule has 3 heteroatoms. The van der Waals surface area contributed by atoms with Crippen LogP contribution in [-0.4, -0.2) is 12.3 Å². The predicted octanol–water partition coefficient (Wildman–Crippen LogP) is 2.63. The number of rotatable bonds is 4. The molecule has 0 bridgehead atoms. The van der Waals surface area contributed by atoms with E-state index in [1.165, 1.54) is 11.0 Å². The smallest absolute Gasteiger partial charge is 0.148 e. The number of benzene rings is 1. The lowest BCUT2D eigenvalue weighted by molar-refractivity contribution is 0.875. The molecular formula is C14H16BN2. The van der Waals surface area contributed by atoms with Crippen LogP contribution in [0.4, 0.5) is 5.82 Å². The molecule has 2 nitrogen and oxygen atoms in total. The van der Waals surface area contributed by atoms with Crippen LogP contribution in [0.1, 0.15) is 18.5 Å². The van der Waals surface area contributed by atoms with Crippen molar-refractivity contribution in [3.05, 3.63) is 54.2 Å². The van der Waals surface area contributed by atoms with Crippen molar-refractivity contribution in [1.82, 2.24) is 4.98 Å². The molecule has 1 aromatic carbocycles. The zero-order valence-electron chi connectivity index (χ0n) is 10.2. The summed E-state index contributed by atoms with van der Waals surface area (Å²) in [6, 6.07) is 14.7. The van der Waals surface area contributed by atoms with Gasteiger partial charge in [-0.15, -0.1) is 0 Å². The molecule has 0 spiro atoms. The molecular weight excluding hydrogens is 207 g/mol. The van der Waals surface area contributed by atoms with Crippen LogP contribution >= 0.6 is 0 Å². The van der Waals surface area contributed by atoms with Crippen LogP contribution in [0.3, 0.4) is 0 Å². The summed E-state index contributed by atoms with van der Waals surface area (Å²) in [6.07, 6.45) is 1.83. The monoisotopic (exact) mass is 223 g/mol. The summed E-state index contributed by atoms with van der Waals surface area (Å²) in [5.41, 5.74) is 2.45. The highest BCUT2D eigenvalue weighted by molar-refractivity contribution is 6.52. The van der Waals surface area contributed by atoms with Gasteiger partial charge in [0, 0.05) is 12.2 Å². The molecule has 0 aliphatic rings. The lowest BCUT2D eigenvalue weighted by atomic mass is 9.74. The van der Waals surface area contributed by atoms with E-state index in [0.29, 0.717) is 0 Å². The SMILES string of the molecule is C[B]c1ccnc(NC(C)c2ccccc2)c1. The molecule has 1 atom stereocenters. The van der Waals surface area contributed by atoms with Crippen molar-refractivity contribution in [2.24, 2.45) is 0 Å². The molecule has 17 heavy (non-hydrogen) atoms. The van der Waals surface area contributed by atoms with Crippen LogP contribution in [0.15, 0.2) is 48.7 Å². The van der Waals surface area contributed by atoms with E-state index in [9.17, 15) is 0 Å². The summed E-state index contributed by atoms with van der Waals surface area (Å²) in [4.78, 5) is 4.32. The summed E-state index contributed by atoms with van der Waals surface area (Å²) in [5.74, 6) is 0.914. The lowest BCUT2D eigenvalue weighted by Gasteiger charge is -2.15. The lowest BCUT2D eigenvalue weighted by Crippen LogP contribution is -2.14. The van der Waals surface area contributed by atoms with E-state index in [0.717, 1.165) is 5.82 Å². The summed E-state index contributed by atoms with van der Waals surface area (Å²) in [7, 11) is 2.07. The van der Waals surface area contributed by atoms with Gasteiger partial charge in [0.15, 0.2) is 0 Å². The first-order valence-corrected chi connectivity index (χ1v) is 5.86. The minimum atomic E-state index is 0.260. The standard InChI is InChI=1S/C14H16BN2/c1-11(12-6-4-3-5-7-12)17-14-10-13(15-2)8-9-16-14/h3-11H,1-2H3,(H,16,17). The van der Waals surface area contributed by atoms with Gasteiger partial charge in [0.25, 0.3) is 0 Å². The Labute approximate surface area is 103 Å². The highest BCUT2D eigenvalue weighted by atomic mass is 15.0. The Morgan fingerprint density at radius 1 is 1.18 bits per heavy atom. The molecule has 1 aromatic heterocycles. The van der Waals surface area contributed by atoms with Crippen LogP contribution in [0, 0.1) is 0 Å². The van der Waals surface area contributed by atoms with Crippen LogP contribution in [0.2, 0.25) is 6.82 Å². The van der Waals surface area contributed by atoms with E-state index in [1.54, 1.807) is 0 Å². The summed E-state index contributed by atoms with van der Waals surface area (Å²) in [5, 5.41) is 3.40. The third-order valence-corrected chi connectivity index (χ3v) is 2.78. The Hall–Kier alpha value is -1.77. The van der Waals surface area contributed by atoms with Crippen molar-refractivity contribution in [3.8, 4) is 0 Å². The second-order valence-corrected chi connectivity index (χ2v) is 4.04. The van der Waals surface area contributed by atoms with Gasteiger partial charge in [-0.05, 0) is 24.6 Å². The molecule has 1 radical (unpaired) electrons. The van der Waals surface area contributed by atoms with Crippen molar-refractivity contribution in [2.45, 2.75) is 19.8 Å². The van der Waals surface area contributed by atoms with E-state index in [2.05, 4.69) is 54.8 Å². The van der Waals surface area contributed by atoms with Crippen molar-refractivity contribution in [1.29, 1.82) is 0 Å². The predicted molar refractivity (Wildman–Crippen MR) is 74.0 cm³/mol. The van der Waals surface area contributed by atoms with Crippen molar-refractivity contribution >= 4 is 18.6 Å². The first-order chi connectivity index (χ1) is 8.29. The van der Waals surface area contributed by atoms with Gasteiger partial charge in [0.2, 0.25) is 0 Å². The van der Waals surface area contributed by atoms with Gasteiger partial charge in [0.05, 0.1) is 0 Å². The molecule has 1 unspecified atom stereocenters. The van der Waals surface area contributed by atoms with E-state index in [4.69, 9.17) is 0 Å². The molecule has 0 saturated carbocycles. The van der Waals surface area contributed by atoms with Crippen molar-refractivity contribution in [3.63, 3.8) is 0 Å². The molecule has 0 aliphatic carbocycles. The summed E-state index contributed by atoms with van der Waals surface area (Å²) >= 11 is 0. The third kappa shape index (κ3) is 3.10. The Balaban J connectivity index is 2.10. The van der Waals surface area contributed by atoms with E-state index in [1.807, 2.05) is 25.2 Å². The average Bonchev–Trinajstić information content (AvgIpc) is 2.40. The minimum absolute atomic E-state index is 0.260. The zero-order chi connectivity index (χ0) is 12.1. The number of hydrogen-bond donors (Lipinski definition) is 1. The Morgan fingerprint density at radius 2 is 1.94 bits per heavy atom. The van der Waals surface area contributed by atoms with Gasteiger partial charge in [-0.25, -0.2) is 4.98 Å². The molecule has 2 rings (SSSR count). The number of aromatic nitrogens is 1. The molecule has 0 fully saturated rings. The fourth-order valence-electron chi connectivity index (χ4n) is 1.75. The molecule has 1 N–H and O–H groups in total. The Kier molecular flexibility index (Phi) is 3.81. The first-order valence-electron chi connectivity index (χ1n) is 5.86. The molecule has 0 aliphatic heterocycles. The minimum Gasteiger partial charge on any atom is -0.364 e. The maximum Gasteiger partial charge on any atom is 0.148 e. The summed E-state index contributed by atoms with van der Waals surface area (Å²) < 4.78 is 0. The maximum absolute atomic E-state index is 4.32. The van der Waals surface area contributed by atoms with Crippen LogP contribution in [-0.2, 0) is 0 Å². The van der Waals surface area contributed by atoms with E-state index in [-0.39, 0.29) is 6.04 Å². The Bertz CT molecular complexity index is 471. The quantitative estimate of drug-likeness (QED) is 0.806. The van der Waals surface area contributed by atoms with E-state index >= 15 is 0 Å². The number of hydrogen-bond acceptors (Lipinski definition) is 2. The number of pyridine rings is 1. The fourth-order valence-corrected chi connectivity index (χ4v) is 1.75. The number of nitrogens with one attached hydrogen (secondary N) is 1. The summed E-state index contributed by atoms with van der Waals surface area (Å²) in [6.45, 7) is 4.17. The second-order valence-electron chi connectivity index (χ2n) is 4.04. The second kappa shape index (κ2) is 5.53. The van der Waals surface area contributed by atoms with Crippen molar-refractivity contribution in [2.75, 3.05) is 5.32 Å². The van der Waals surface area contributed by atoms with Gasteiger partial charge < -0.3 is 5.32 Å². The van der Waals surface area contributed by atoms with Gasteiger partial charge in [0.1, 0.15) is 13.1 Å². The van der Waals surface area contributed by atoms with Gasteiger partial charge >= 0.3 is 0 Å². The molecule has 1 heterocycles. The fraction of sp³-hybridized carbons (Fsp3) is 0.214. The average molecular weight is 223 g/mol. The maximum atomic E-state index is 4.32. The molecule has 0 amide bonds. The van der Waals surface area contributed by atoms with Crippen LogP contribution < -0.4 is 10.8 Å². The highest BCUT2D eigenvalue weighted by Gasteiger charge is 2.05. The highest BCUT2D eigenvalue weighted by Crippen LogP contribution is 2.16. The number of anilines is 1. The van der Waals surface area contributed by atoms with Gasteiger partial charge in [-0.2, -0.15) is 0 Å². The number of nitrogens with zero attached hydrogens (tertiary/aromatic N) is 1. The first kappa shape index (κ1) is 11.7. The molecule has 0 saturated heterocycles. The molecule has 85 valence electrons.